The van der Waals surface area contributed by atoms with E-state index >= 15 is 0 Å². The van der Waals surface area contributed by atoms with Crippen LogP contribution in [0.5, 0.6) is 0 Å². The summed E-state index contributed by atoms with van der Waals surface area (Å²) >= 11 is 0. The minimum absolute atomic E-state index is 0.140. The maximum absolute atomic E-state index is 13.5. The van der Waals surface area contributed by atoms with Crippen LogP contribution in [0, 0.1) is 5.41 Å². The van der Waals surface area contributed by atoms with Gasteiger partial charge in [0.1, 0.15) is 5.41 Å². The van der Waals surface area contributed by atoms with Crippen molar-refractivity contribution in [3.63, 3.8) is 0 Å². The fourth-order valence-corrected chi connectivity index (χ4v) is 4.14. The topological polar surface area (TPSA) is 54.5 Å². The number of anilines is 1. The van der Waals surface area contributed by atoms with Crippen molar-refractivity contribution in [3.05, 3.63) is 101 Å². The average molecular weight is 397 g/mol. The van der Waals surface area contributed by atoms with Crippen molar-refractivity contribution in [2.24, 2.45) is 5.41 Å². The zero-order chi connectivity index (χ0) is 21.3. The molecule has 0 saturated heterocycles. The van der Waals surface area contributed by atoms with E-state index in [9.17, 15) is 14.4 Å². The van der Waals surface area contributed by atoms with E-state index in [1.807, 2.05) is 49.3 Å². The number of ketones is 3. The van der Waals surface area contributed by atoms with E-state index < -0.39 is 5.41 Å². The highest BCUT2D eigenvalue weighted by atomic mass is 16.2. The van der Waals surface area contributed by atoms with E-state index in [1.54, 1.807) is 48.5 Å². The van der Waals surface area contributed by atoms with E-state index in [2.05, 4.69) is 0 Å². The van der Waals surface area contributed by atoms with Crippen LogP contribution in [0.2, 0.25) is 0 Å². The lowest BCUT2D eigenvalue weighted by molar-refractivity contribution is 0.0642. The zero-order valence-electron chi connectivity index (χ0n) is 17.1. The molecule has 4 nitrogen and oxygen atoms in total. The van der Waals surface area contributed by atoms with E-state index in [1.165, 1.54) is 0 Å². The number of hydrogen-bond acceptors (Lipinski definition) is 4. The minimum Gasteiger partial charge on any atom is -0.378 e. The molecule has 0 fully saturated rings. The van der Waals surface area contributed by atoms with Gasteiger partial charge in [-0.25, -0.2) is 0 Å². The molecule has 30 heavy (non-hydrogen) atoms. The Bertz CT molecular complexity index is 1080. The van der Waals surface area contributed by atoms with Crippen LogP contribution in [0.1, 0.15) is 43.1 Å². The summed E-state index contributed by atoms with van der Waals surface area (Å²) in [6, 6.07) is 23.5. The third kappa shape index (κ3) is 3.35. The number of Topliss-reactive ketones (excluding diaryl/α,β-unsaturated/α-hetero) is 3. The van der Waals surface area contributed by atoms with Gasteiger partial charge in [-0.3, -0.25) is 14.4 Å². The first-order valence-corrected chi connectivity index (χ1v) is 9.95. The Hall–Kier alpha value is -3.53. The molecule has 4 rings (SSSR count). The Balaban J connectivity index is 1.75. The minimum atomic E-state index is -1.41. The summed E-state index contributed by atoms with van der Waals surface area (Å²) in [5.74, 6) is -0.719. The number of hydrogen-bond donors (Lipinski definition) is 0. The number of fused-ring (bicyclic) bond motifs is 1. The van der Waals surface area contributed by atoms with Gasteiger partial charge in [0, 0.05) is 42.9 Å². The second kappa shape index (κ2) is 7.71. The highest BCUT2D eigenvalue weighted by molar-refractivity contribution is 6.31. The Morgan fingerprint density at radius 3 is 1.83 bits per heavy atom. The predicted molar refractivity (Wildman–Crippen MR) is 117 cm³/mol. The van der Waals surface area contributed by atoms with Crippen LogP contribution in [0.4, 0.5) is 5.69 Å². The molecule has 4 heteroatoms. The monoisotopic (exact) mass is 397 g/mol. The van der Waals surface area contributed by atoms with Gasteiger partial charge in [0.2, 0.25) is 0 Å². The molecule has 3 aromatic carbocycles. The molecule has 3 aromatic rings. The van der Waals surface area contributed by atoms with Crippen molar-refractivity contribution in [3.8, 4) is 0 Å². The predicted octanol–water partition coefficient (Wildman–Crippen LogP) is 4.63. The van der Waals surface area contributed by atoms with Gasteiger partial charge in [0.05, 0.1) is 0 Å². The lowest BCUT2D eigenvalue weighted by Crippen LogP contribution is -2.38. The van der Waals surface area contributed by atoms with Crippen LogP contribution in [-0.2, 0) is 6.42 Å². The molecule has 0 N–H and O–H groups in total. The van der Waals surface area contributed by atoms with Gasteiger partial charge in [-0.2, -0.15) is 0 Å². The smallest absolute Gasteiger partial charge is 0.178 e. The normalized spacial score (nSPS) is 14.5. The van der Waals surface area contributed by atoms with Crippen molar-refractivity contribution in [2.75, 3.05) is 19.0 Å². The first-order valence-electron chi connectivity index (χ1n) is 9.95. The molecule has 0 aliphatic heterocycles. The molecule has 0 heterocycles. The fourth-order valence-electron chi connectivity index (χ4n) is 4.14. The van der Waals surface area contributed by atoms with E-state index in [0.717, 1.165) is 11.3 Å². The van der Waals surface area contributed by atoms with E-state index in [-0.39, 0.29) is 30.2 Å². The summed E-state index contributed by atoms with van der Waals surface area (Å²) in [7, 11) is 3.91. The third-order valence-corrected chi connectivity index (χ3v) is 5.80. The summed E-state index contributed by atoms with van der Waals surface area (Å²) < 4.78 is 0. The number of carbonyl (C=O) groups excluding carboxylic acids is 3. The van der Waals surface area contributed by atoms with Gasteiger partial charge in [0.15, 0.2) is 17.3 Å². The maximum Gasteiger partial charge on any atom is 0.178 e. The molecule has 0 bridgehead atoms. The van der Waals surface area contributed by atoms with Crippen LogP contribution >= 0.6 is 0 Å². The Kier molecular flexibility index (Phi) is 5.08. The second-order valence-corrected chi connectivity index (χ2v) is 7.99. The fraction of sp³-hybridized carbons (Fsp3) is 0.192. The molecule has 1 aliphatic carbocycles. The van der Waals surface area contributed by atoms with Crippen LogP contribution in [-0.4, -0.2) is 31.4 Å². The number of benzene rings is 3. The molecule has 1 aliphatic rings. The lowest BCUT2D eigenvalue weighted by atomic mass is 9.72. The molecular formula is C26H23NO3. The van der Waals surface area contributed by atoms with Crippen molar-refractivity contribution < 1.29 is 14.4 Å². The molecule has 0 unspecified atom stereocenters. The first-order chi connectivity index (χ1) is 14.4. The van der Waals surface area contributed by atoms with Crippen molar-refractivity contribution in [2.45, 2.75) is 12.8 Å². The van der Waals surface area contributed by atoms with Crippen LogP contribution in [0.25, 0.3) is 0 Å². The Morgan fingerprint density at radius 1 is 0.767 bits per heavy atom. The van der Waals surface area contributed by atoms with Crippen LogP contribution < -0.4 is 4.90 Å². The van der Waals surface area contributed by atoms with Gasteiger partial charge in [-0.05, 0) is 24.1 Å². The molecule has 0 atom stereocenters. The summed E-state index contributed by atoms with van der Waals surface area (Å²) in [6.07, 6.45) is 0.0599. The standard InChI is InChI=1S/C26H23NO3/c1-27(2)20-14-12-18(13-15-20)16-26(17-23(28)19-8-4-3-5-9-19)24(29)21-10-6-7-11-22(21)25(26)30/h3-15H,16-17H2,1-2H3. The molecule has 0 saturated carbocycles. The van der Waals surface area contributed by atoms with Gasteiger partial charge in [-0.1, -0.05) is 66.7 Å². The summed E-state index contributed by atoms with van der Waals surface area (Å²) in [5.41, 5.74) is 1.81. The molecule has 0 radical (unpaired) electrons. The third-order valence-electron chi connectivity index (χ3n) is 5.80. The van der Waals surface area contributed by atoms with Gasteiger partial charge >= 0.3 is 0 Å². The molecule has 0 spiro atoms. The number of carbonyl (C=O) groups is 3. The van der Waals surface area contributed by atoms with Gasteiger partial charge in [0.25, 0.3) is 0 Å². The van der Waals surface area contributed by atoms with Crippen LogP contribution in [0.15, 0.2) is 78.9 Å². The maximum atomic E-state index is 13.5. The van der Waals surface area contributed by atoms with E-state index in [4.69, 9.17) is 0 Å². The molecule has 150 valence electrons. The average Bonchev–Trinajstić information content (AvgIpc) is 2.97. The van der Waals surface area contributed by atoms with Crippen molar-refractivity contribution >= 4 is 23.0 Å². The number of rotatable bonds is 6. The molecular weight excluding hydrogens is 374 g/mol. The SMILES string of the molecule is CN(C)c1ccc(CC2(CC(=O)c3ccccc3)C(=O)c3ccccc3C2=O)cc1. The highest BCUT2D eigenvalue weighted by Crippen LogP contribution is 2.43. The molecule has 0 amide bonds. The lowest BCUT2D eigenvalue weighted by Gasteiger charge is -2.26. The van der Waals surface area contributed by atoms with Crippen molar-refractivity contribution in [1.82, 2.24) is 0 Å². The first kappa shape index (κ1) is 19.8. The van der Waals surface area contributed by atoms with Crippen molar-refractivity contribution in [1.29, 1.82) is 0 Å². The van der Waals surface area contributed by atoms with Crippen LogP contribution in [0.3, 0.4) is 0 Å². The second-order valence-electron chi connectivity index (χ2n) is 7.99. The summed E-state index contributed by atoms with van der Waals surface area (Å²) in [6.45, 7) is 0. The van der Waals surface area contributed by atoms with E-state index in [0.29, 0.717) is 16.7 Å². The largest absolute Gasteiger partial charge is 0.378 e. The quantitative estimate of drug-likeness (QED) is 0.449. The Morgan fingerprint density at radius 2 is 1.30 bits per heavy atom. The summed E-state index contributed by atoms with van der Waals surface area (Å²) in [4.78, 5) is 42.0. The van der Waals surface area contributed by atoms with Gasteiger partial charge < -0.3 is 4.90 Å². The Labute approximate surface area is 176 Å². The molecule has 0 aromatic heterocycles. The zero-order valence-corrected chi connectivity index (χ0v) is 17.1. The highest BCUT2D eigenvalue weighted by Gasteiger charge is 2.53. The van der Waals surface area contributed by atoms with Gasteiger partial charge in [-0.15, -0.1) is 0 Å². The number of nitrogens with zero attached hydrogens (tertiary/aromatic N) is 1. The summed E-state index contributed by atoms with van der Waals surface area (Å²) in [5, 5.41) is 0.